The van der Waals surface area contributed by atoms with E-state index in [-0.39, 0.29) is 24.0 Å². The standard InChI is InChI=1S/C18H29N3O.HI/c1-2-7-16(8-3-1)15-20-18(21-12-4-5-13-21)19-11-10-17-9-6-14-22-17;/h6,9,14,16H,1-5,7-8,10-13,15H2,(H,19,20);1H. The van der Waals surface area contributed by atoms with E-state index in [2.05, 4.69) is 10.2 Å². The summed E-state index contributed by atoms with van der Waals surface area (Å²) in [6, 6.07) is 3.99. The minimum Gasteiger partial charge on any atom is -0.469 e. The van der Waals surface area contributed by atoms with Gasteiger partial charge >= 0.3 is 0 Å². The summed E-state index contributed by atoms with van der Waals surface area (Å²) in [7, 11) is 0. The lowest BCUT2D eigenvalue weighted by molar-refractivity contribution is 0.364. The molecule has 1 aliphatic carbocycles. The zero-order valence-electron chi connectivity index (χ0n) is 14.0. The van der Waals surface area contributed by atoms with Crippen LogP contribution in [-0.2, 0) is 6.42 Å². The second kappa shape index (κ2) is 10.2. The molecular weight excluding hydrogens is 401 g/mol. The number of aliphatic imine (C=N–C) groups is 1. The van der Waals surface area contributed by atoms with E-state index in [1.165, 1.54) is 44.9 Å². The van der Waals surface area contributed by atoms with Crippen LogP contribution in [0.1, 0.15) is 50.7 Å². The van der Waals surface area contributed by atoms with Crippen molar-refractivity contribution < 1.29 is 4.42 Å². The van der Waals surface area contributed by atoms with Crippen molar-refractivity contribution >= 4 is 29.9 Å². The number of likely N-dealkylation sites (tertiary alicyclic amines) is 1. The molecule has 3 rings (SSSR count). The fraction of sp³-hybridized carbons (Fsp3) is 0.722. The molecule has 4 nitrogen and oxygen atoms in total. The average Bonchev–Trinajstić information content (AvgIpc) is 3.25. The molecular formula is C18H30IN3O. The quantitative estimate of drug-likeness (QED) is 0.434. The highest BCUT2D eigenvalue weighted by atomic mass is 127. The first-order valence-corrected chi connectivity index (χ1v) is 8.97. The van der Waals surface area contributed by atoms with Gasteiger partial charge in [0.05, 0.1) is 6.26 Å². The lowest BCUT2D eigenvalue weighted by Gasteiger charge is -2.24. The Bertz CT molecular complexity index is 449. The Balaban J connectivity index is 0.00000192. The monoisotopic (exact) mass is 431 g/mol. The van der Waals surface area contributed by atoms with Crippen LogP contribution in [0.15, 0.2) is 27.8 Å². The van der Waals surface area contributed by atoms with Gasteiger partial charge in [0, 0.05) is 32.6 Å². The molecule has 23 heavy (non-hydrogen) atoms. The van der Waals surface area contributed by atoms with Crippen molar-refractivity contribution in [2.45, 2.75) is 51.4 Å². The first-order valence-electron chi connectivity index (χ1n) is 8.97. The first kappa shape index (κ1) is 18.6. The second-order valence-corrected chi connectivity index (χ2v) is 6.62. The van der Waals surface area contributed by atoms with Crippen LogP contribution in [-0.4, -0.2) is 37.0 Å². The van der Waals surface area contributed by atoms with Crippen molar-refractivity contribution in [3.8, 4) is 0 Å². The number of guanidine groups is 1. The second-order valence-electron chi connectivity index (χ2n) is 6.62. The SMILES string of the molecule is I.c1coc(CCNC(=NCC2CCCCC2)N2CCCC2)c1. The van der Waals surface area contributed by atoms with Crippen LogP contribution in [0.4, 0.5) is 0 Å². The molecule has 1 saturated heterocycles. The summed E-state index contributed by atoms with van der Waals surface area (Å²) in [6.45, 7) is 4.20. The molecule has 2 fully saturated rings. The molecule has 5 heteroatoms. The van der Waals surface area contributed by atoms with E-state index in [1.54, 1.807) is 6.26 Å². The maximum atomic E-state index is 5.40. The predicted octanol–water partition coefficient (Wildman–Crippen LogP) is 4.06. The summed E-state index contributed by atoms with van der Waals surface area (Å²) in [6.07, 6.45) is 12.2. The lowest BCUT2D eigenvalue weighted by Crippen LogP contribution is -2.41. The number of nitrogens with one attached hydrogen (secondary N) is 1. The van der Waals surface area contributed by atoms with Gasteiger partial charge in [-0.15, -0.1) is 24.0 Å². The molecule has 130 valence electrons. The van der Waals surface area contributed by atoms with Gasteiger partial charge in [0.15, 0.2) is 5.96 Å². The Morgan fingerprint density at radius 1 is 1.17 bits per heavy atom. The normalized spacial score (nSPS) is 19.7. The van der Waals surface area contributed by atoms with Crippen molar-refractivity contribution in [2.75, 3.05) is 26.2 Å². The van der Waals surface area contributed by atoms with Crippen molar-refractivity contribution in [2.24, 2.45) is 10.9 Å². The molecule has 1 N–H and O–H groups in total. The fourth-order valence-corrected chi connectivity index (χ4v) is 3.53. The van der Waals surface area contributed by atoms with Gasteiger partial charge in [0.1, 0.15) is 5.76 Å². The van der Waals surface area contributed by atoms with Crippen LogP contribution in [0.25, 0.3) is 0 Å². The fourth-order valence-electron chi connectivity index (χ4n) is 3.53. The third-order valence-electron chi connectivity index (χ3n) is 4.86. The number of nitrogens with zero attached hydrogens (tertiary/aromatic N) is 2. The van der Waals surface area contributed by atoms with Crippen LogP contribution in [0.2, 0.25) is 0 Å². The van der Waals surface area contributed by atoms with Gasteiger partial charge in [-0.25, -0.2) is 0 Å². The van der Waals surface area contributed by atoms with E-state index in [0.717, 1.165) is 50.2 Å². The molecule has 1 saturated carbocycles. The Labute approximate surface area is 157 Å². The van der Waals surface area contributed by atoms with Crippen molar-refractivity contribution in [3.63, 3.8) is 0 Å². The van der Waals surface area contributed by atoms with Crippen molar-refractivity contribution in [1.29, 1.82) is 0 Å². The van der Waals surface area contributed by atoms with E-state index in [9.17, 15) is 0 Å². The third kappa shape index (κ3) is 6.01. The predicted molar refractivity (Wildman–Crippen MR) is 106 cm³/mol. The zero-order valence-corrected chi connectivity index (χ0v) is 16.3. The van der Waals surface area contributed by atoms with Gasteiger partial charge in [-0.3, -0.25) is 4.99 Å². The highest BCUT2D eigenvalue weighted by Crippen LogP contribution is 2.23. The van der Waals surface area contributed by atoms with Crippen LogP contribution >= 0.6 is 24.0 Å². The zero-order chi connectivity index (χ0) is 15.0. The number of hydrogen-bond donors (Lipinski definition) is 1. The minimum absolute atomic E-state index is 0. The Kier molecular flexibility index (Phi) is 8.26. The summed E-state index contributed by atoms with van der Waals surface area (Å²) in [4.78, 5) is 7.37. The molecule has 0 spiro atoms. The smallest absolute Gasteiger partial charge is 0.193 e. The molecule has 0 aromatic carbocycles. The number of rotatable bonds is 5. The van der Waals surface area contributed by atoms with E-state index < -0.39 is 0 Å². The topological polar surface area (TPSA) is 40.8 Å². The molecule has 0 unspecified atom stereocenters. The number of hydrogen-bond acceptors (Lipinski definition) is 2. The molecule has 0 bridgehead atoms. The summed E-state index contributed by atoms with van der Waals surface area (Å²) in [5.41, 5.74) is 0. The van der Waals surface area contributed by atoms with E-state index in [0.29, 0.717) is 0 Å². The summed E-state index contributed by atoms with van der Waals surface area (Å²) in [5.74, 6) is 2.97. The Morgan fingerprint density at radius 3 is 2.65 bits per heavy atom. The maximum Gasteiger partial charge on any atom is 0.193 e. The largest absolute Gasteiger partial charge is 0.469 e. The Hall–Kier alpha value is -0.720. The van der Waals surface area contributed by atoms with Gasteiger partial charge < -0.3 is 14.6 Å². The van der Waals surface area contributed by atoms with Crippen LogP contribution < -0.4 is 5.32 Å². The molecule has 0 atom stereocenters. The van der Waals surface area contributed by atoms with Gasteiger partial charge in [0.2, 0.25) is 0 Å². The Morgan fingerprint density at radius 2 is 1.96 bits per heavy atom. The molecule has 1 aromatic heterocycles. The lowest BCUT2D eigenvalue weighted by atomic mass is 9.89. The van der Waals surface area contributed by atoms with Crippen LogP contribution in [0.5, 0.6) is 0 Å². The molecule has 2 aliphatic rings. The summed E-state index contributed by atoms with van der Waals surface area (Å²) >= 11 is 0. The van der Waals surface area contributed by atoms with Crippen molar-refractivity contribution in [1.82, 2.24) is 10.2 Å². The van der Waals surface area contributed by atoms with Crippen LogP contribution in [0, 0.1) is 5.92 Å². The molecule has 0 amide bonds. The maximum absolute atomic E-state index is 5.40. The van der Waals surface area contributed by atoms with E-state index in [4.69, 9.17) is 9.41 Å². The van der Waals surface area contributed by atoms with E-state index >= 15 is 0 Å². The van der Waals surface area contributed by atoms with Gasteiger partial charge in [0.25, 0.3) is 0 Å². The number of halogens is 1. The highest BCUT2D eigenvalue weighted by Gasteiger charge is 2.18. The van der Waals surface area contributed by atoms with Crippen molar-refractivity contribution in [3.05, 3.63) is 24.2 Å². The first-order chi connectivity index (χ1) is 10.9. The summed E-state index contributed by atoms with van der Waals surface area (Å²) in [5, 5.41) is 3.56. The highest BCUT2D eigenvalue weighted by molar-refractivity contribution is 14.0. The minimum atomic E-state index is 0. The van der Waals surface area contributed by atoms with Gasteiger partial charge in [-0.2, -0.15) is 0 Å². The third-order valence-corrected chi connectivity index (χ3v) is 4.86. The average molecular weight is 431 g/mol. The van der Waals surface area contributed by atoms with E-state index in [1.807, 2.05) is 12.1 Å². The summed E-state index contributed by atoms with van der Waals surface area (Å²) < 4.78 is 5.40. The molecule has 0 radical (unpaired) electrons. The molecule has 2 heterocycles. The van der Waals surface area contributed by atoms with Gasteiger partial charge in [-0.1, -0.05) is 19.3 Å². The molecule has 1 aliphatic heterocycles. The molecule has 1 aromatic rings. The van der Waals surface area contributed by atoms with Crippen LogP contribution in [0.3, 0.4) is 0 Å². The van der Waals surface area contributed by atoms with Gasteiger partial charge in [-0.05, 0) is 43.7 Å². The number of furan rings is 1.